The van der Waals surface area contributed by atoms with E-state index in [0.29, 0.717) is 5.41 Å². The van der Waals surface area contributed by atoms with Crippen molar-refractivity contribution in [1.29, 1.82) is 0 Å². The van der Waals surface area contributed by atoms with Gasteiger partial charge in [-0.05, 0) is 31.1 Å². The molecular weight excluding hydrogens is 350 g/mol. The Balaban J connectivity index is 2.77. The van der Waals surface area contributed by atoms with Gasteiger partial charge in [0, 0.05) is 21.7 Å². The van der Waals surface area contributed by atoms with Crippen LogP contribution in [0.2, 0.25) is 0 Å². The molecule has 0 aliphatic rings. The minimum absolute atomic E-state index is 0.327. The number of aromatic nitrogens is 1. The normalized spacial score (nSPS) is 12.4. The van der Waals surface area contributed by atoms with E-state index >= 15 is 0 Å². The van der Waals surface area contributed by atoms with Gasteiger partial charge in [0.05, 0.1) is 5.01 Å². The minimum atomic E-state index is 0.327. The van der Waals surface area contributed by atoms with Gasteiger partial charge < -0.3 is 0 Å². The molecule has 0 bridgehead atoms. The lowest BCUT2D eigenvalue weighted by Crippen LogP contribution is -2.29. The highest BCUT2D eigenvalue weighted by Crippen LogP contribution is 2.36. The second-order valence-corrected chi connectivity index (χ2v) is 7.33. The molecule has 16 heavy (non-hydrogen) atoms. The van der Waals surface area contributed by atoms with Crippen molar-refractivity contribution in [1.82, 2.24) is 4.98 Å². The molecule has 0 aliphatic carbocycles. The van der Waals surface area contributed by atoms with E-state index in [1.54, 1.807) is 0 Å². The first-order chi connectivity index (χ1) is 7.51. The van der Waals surface area contributed by atoms with Gasteiger partial charge in [-0.1, -0.05) is 45.7 Å². The summed E-state index contributed by atoms with van der Waals surface area (Å²) < 4.78 is 0. The van der Waals surface area contributed by atoms with Crippen molar-refractivity contribution in [2.75, 3.05) is 10.7 Å². The van der Waals surface area contributed by atoms with Crippen molar-refractivity contribution in [3.63, 3.8) is 0 Å². The fourth-order valence-electron chi connectivity index (χ4n) is 2.03. The third-order valence-electron chi connectivity index (χ3n) is 2.63. The zero-order chi connectivity index (χ0) is 12.2. The second-order valence-electron chi connectivity index (χ2n) is 4.89. The molecule has 0 unspecified atom stereocenters. The maximum Gasteiger partial charge on any atom is 0.0896 e. The van der Waals surface area contributed by atoms with Crippen molar-refractivity contribution in [2.24, 2.45) is 11.3 Å². The number of nitrogens with zero attached hydrogens (tertiary/aromatic N) is 1. The number of halogens is 2. The van der Waals surface area contributed by atoms with Crippen molar-refractivity contribution >= 4 is 43.2 Å². The molecule has 0 saturated carbocycles. The molecule has 1 heterocycles. The van der Waals surface area contributed by atoms with E-state index in [-0.39, 0.29) is 0 Å². The molecule has 92 valence electrons. The van der Waals surface area contributed by atoms with Crippen molar-refractivity contribution in [3.05, 3.63) is 16.1 Å². The van der Waals surface area contributed by atoms with Crippen LogP contribution >= 0.6 is 43.2 Å². The molecule has 0 spiro atoms. The highest BCUT2D eigenvalue weighted by atomic mass is 79.9. The molecule has 1 aromatic heterocycles. The molecule has 1 rings (SSSR count). The fraction of sp³-hybridized carbons (Fsp3) is 0.750. The largest absolute Gasteiger partial charge is 0.250 e. The number of alkyl halides is 2. The summed E-state index contributed by atoms with van der Waals surface area (Å²) in [6, 6.07) is 0. The lowest BCUT2D eigenvalue weighted by Gasteiger charge is -2.31. The predicted molar refractivity (Wildman–Crippen MR) is 80.0 cm³/mol. The summed E-state index contributed by atoms with van der Waals surface area (Å²) in [6.45, 7) is 6.65. The van der Waals surface area contributed by atoms with Crippen LogP contribution < -0.4 is 0 Å². The Kier molecular flexibility index (Phi) is 5.95. The molecule has 0 aliphatic heterocycles. The Morgan fingerprint density at radius 3 is 2.38 bits per heavy atom. The van der Waals surface area contributed by atoms with Crippen LogP contribution in [0, 0.1) is 18.3 Å². The molecule has 0 fully saturated rings. The Morgan fingerprint density at radius 2 is 2.00 bits per heavy atom. The summed E-state index contributed by atoms with van der Waals surface area (Å²) >= 11 is 9.18. The van der Waals surface area contributed by atoms with E-state index in [2.05, 4.69) is 57.6 Å². The molecule has 1 aromatic rings. The third kappa shape index (κ3) is 4.11. The molecule has 0 radical (unpaired) electrons. The van der Waals surface area contributed by atoms with Crippen LogP contribution in [0.5, 0.6) is 0 Å². The Morgan fingerprint density at radius 1 is 1.38 bits per heavy atom. The Labute approximate surface area is 119 Å². The summed E-state index contributed by atoms with van der Waals surface area (Å²) in [5.74, 6) is 0.726. The number of hydrogen-bond donors (Lipinski definition) is 0. The van der Waals surface area contributed by atoms with Crippen LogP contribution in [0.15, 0.2) is 6.20 Å². The summed E-state index contributed by atoms with van der Waals surface area (Å²) in [5, 5.41) is 3.25. The average molecular weight is 369 g/mol. The van der Waals surface area contributed by atoms with Crippen LogP contribution in [-0.2, 0) is 6.42 Å². The quantitative estimate of drug-likeness (QED) is 0.656. The standard InChI is InChI=1S/C12H19Br2NS/c1-9(2)4-12(7-13,8-14)5-11-6-15-10(3)16-11/h6,9H,4-5,7-8H2,1-3H3. The van der Waals surface area contributed by atoms with Crippen LogP contribution in [0.3, 0.4) is 0 Å². The van der Waals surface area contributed by atoms with Crippen molar-refractivity contribution in [3.8, 4) is 0 Å². The van der Waals surface area contributed by atoms with Gasteiger partial charge in [-0.15, -0.1) is 11.3 Å². The third-order valence-corrected chi connectivity index (χ3v) is 5.92. The van der Waals surface area contributed by atoms with Gasteiger partial charge >= 0.3 is 0 Å². The average Bonchev–Trinajstić information content (AvgIpc) is 2.62. The maximum atomic E-state index is 4.34. The second kappa shape index (κ2) is 6.50. The highest BCUT2D eigenvalue weighted by Gasteiger charge is 2.29. The minimum Gasteiger partial charge on any atom is -0.250 e. The van der Waals surface area contributed by atoms with Gasteiger partial charge in [0.1, 0.15) is 0 Å². The van der Waals surface area contributed by atoms with Gasteiger partial charge in [0.2, 0.25) is 0 Å². The van der Waals surface area contributed by atoms with Gasteiger partial charge in [0.15, 0.2) is 0 Å². The Hall–Kier alpha value is 0.590. The summed E-state index contributed by atoms with van der Waals surface area (Å²) in [6.07, 6.45) is 4.38. The fourth-order valence-corrected chi connectivity index (χ4v) is 4.79. The van der Waals surface area contributed by atoms with Crippen LogP contribution in [-0.4, -0.2) is 15.6 Å². The number of rotatable bonds is 6. The molecule has 0 atom stereocenters. The maximum absolute atomic E-state index is 4.34. The van der Waals surface area contributed by atoms with E-state index in [9.17, 15) is 0 Å². The number of thiazole rings is 1. The van der Waals surface area contributed by atoms with E-state index in [1.165, 1.54) is 11.3 Å². The monoisotopic (exact) mass is 367 g/mol. The van der Waals surface area contributed by atoms with E-state index in [1.807, 2.05) is 17.5 Å². The topological polar surface area (TPSA) is 12.9 Å². The lowest BCUT2D eigenvalue weighted by atomic mass is 9.81. The summed E-state index contributed by atoms with van der Waals surface area (Å²) in [5.41, 5.74) is 0.327. The van der Waals surface area contributed by atoms with Gasteiger partial charge in [-0.3, -0.25) is 0 Å². The molecule has 0 N–H and O–H groups in total. The van der Waals surface area contributed by atoms with Crippen LogP contribution in [0.1, 0.15) is 30.2 Å². The molecule has 0 saturated heterocycles. The zero-order valence-corrected chi connectivity index (χ0v) is 14.1. The Bertz CT molecular complexity index is 319. The predicted octanol–water partition coefficient (Wildman–Crippen LogP) is 4.82. The first-order valence-electron chi connectivity index (χ1n) is 5.54. The number of aryl methyl sites for hydroxylation is 1. The van der Waals surface area contributed by atoms with Crippen molar-refractivity contribution < 1.29 is 0 Å². The molecule has 4 heteroatoms. The zero-order valence-electron chi connectivity index (χ0n) is 10.1. The van der Waals surface area contributed by atoms with E-state index in [4.69, 9.17) is 0 Å². The highest BCUT2D eigenvalue weighted by molar-refractivity contribution is 9.09. The van der Waals surface area contributed by atoms with E-state index in [0.717, 1.165) is 28.0 Å². The van der Waals surface area contributed by atoms with Crippen LogP contribution in [0.4, 0.5) is 0 Å². The number of hydrogen-bond acceptors (Lipinski definition) is 2. The molecule has 1 nitrogen and oxygen atoms in total. The summed E-state index contributed by atoms with van der Waals surface area (Å²) in [4.78, 5) is 5.74. The molecule has 0 amide bonds. The first kappa shape index (κ1) is 14.7. The first-order valence-corrected chi connectivity index (χ1v) is 8.60. The van der Waals surface area contributed by atoms with Gasteiger partial charge in [-0.2, -0.15) is 0 Å². The van der Waals surface area contributed by atoms with Crippen LogP contribution in [0.25, 0.3) is 0 Å². The SMILES string of the molecule is Cc1ncc(CC(CBr)(CBr)CC(C)C)s1. The van der Waals surface area contributed by atoms with Gasteiger partial charge in [-0.25, -0.2) is 4.98 Å². The van der Waals surface area contributed by atoms with Crippen molar-refractivity contribution in [2.45, 2.75) is 33.6 Å². The molecule has 0 aromatic carbocycles. The van der Waals surface area contributed by atoms with E-state index < -0.39 is 0 Å². The smallest absolute Gasteiger partial charge is 0.0896 e. The summed E-state index contributed by atoms with van der Waals surface area (Å²) in [7, 11) is 0. The molecular formula is C12H19Br2NS. The lowest BCUT2D eigenvalue weighted by molar-refractivity contribution is 0.306. The van der Waals surface area contributed by atoms with Gasteiger partial charge in [0.25, 0.3) is 0 Å².